The molecular formula is C39H26N2O. The summed E-state index contributed by atoms with van der Waals surface area (Å²) in [5, 5.41) is 8.28. The average molecular weight is 545 g/mol. The van der Waals surface area contributed by atoms with Crippen LogP contribution in [0.1, 0.15) is 19.4 Å². The minimum atomic E-state index is -2.40. The average Bonchev–Trinajstić information content (AvgIpc) is 3.66. The van der Waals surface area contributed by atoms with Gasteiger partial charge in [-0.15, -0.1) is 0 Å². The third-order valence-electron chi connectivity index (χ3n) is 8.40. The van der Waals surface area contributed by atoms with Crippen molar-refractivity contribution in [2.75, 3.05) is 0 Å². The van der Waals surface area contributed by atoms with Gasteiger partial charge in [-0.1, -0.05) is 91.0 Å². The van der Waals surface area contributed by atoms with Crippen molar-refractivity contribution in [2.45, 2.75) is 13.7 Å². The molecule has 0 saturated carbocycles. The predicted molar refractivity (Wildman–Crippen MR) is 176 cm³/mol. The van der Waals surface area contributed by atoms with Crippen LogP contribution in [0.5, 0.6) is 0 Å². The first kappa shape index (κ1) is 18.1. The first-order chi connectivity index (χ1) is 23.1. The first-order valence-electron chi connectivity index (χ1n) is 16.9. The molecule has 0 unspecified atom stereocenters. The topological polar surface area (TPSA) is 31.0 Å². The van der Waals surface area contributed by atoms with Gasteiger partial charge in [-0.3, -0.25) is 4.57 Å². The second-order valence-electron chi connectivity index (χ2n) is 10.8. The number of aromatic nitrogens is 2. The van der Waals surface area contributed by atoms with Gasteiger partial charge in [0.25, 0.3) is 0 Å². The smallest absolute Gasteiger partial charge is 0.149 e. The lowest BCUT2D eigenvalue weighted by atomic mass is 9.94. The summed E-state index contributed by atoms with van der Waals surface area (Å²) in [5.41, 5.74) is 3.85. The third kappa shape index (κ3) is 3.19. The molecule has 0 atom stereocenters. The van der Waals surface area contributed by atoms with Crippen molar-refractivity contribution in [3.8, 4) is 17.1 Å². The molecule has 9 rings (SSSR count). The van der Waals surface area contributed by atoms with Gasteiger partial charge in [0.05, 0.1) is 16.6 Å². The Morgan fingerprint density at radius 2 is 1.29 bits per heavy atom. The van der Waals surface area contributed by atoms with Crippen LogP contribution in [0.25, 0.3) is 82.4 Å². The van der Waals surface area contributed by atoms with Crippen LogP contribution in [0.4, 0.5) is 0 Å². The van der Waals surface area contributed by atoms with Gasteiger partial charge in [-0.2, -0.15) is 0 Å². The van der Waals surface area contributed by atoms with Gasteiger partial charge in [0.15, 0.2) is 0 Å². The maximum absolute atomic E-state index is 8.46. The molecule has 9 aromatic rings. The quantitative estimate of drug-likeness (QED) is 0.203. The summed E-state index contributed by atoms with van der Waals surface area (Å²) in [5.74, 6) is 0.520. The number of para-hydroxylation sites is 2. The molecule has 2 aromatic heterocycles. The molecule has 0 fully saturated rings. The van der Waals surface area contributed by atoms with Gasteiger partial charge in [0.1, 0.15) is 17.0 Å². The number of furan rings is 1. The van der Waals surface area contributed by atoms with E-state index in [1.165, 1.54) is 5.39 Å². The number of hydrogen-bond acceptors (Lipinski definition) is 2. The molecule has 2 heterocycles. The highest BCUT2D eigenvalue weighted by atomic mass is 16.3. The Bertz CT molecular complexity index is 2730. The second kappa shape index (κ2) is 8.55. The van der Waals surface area contributed by atoms with E-state index in [9.17, 15) is 0 Å². The summed E-state index contributed by atoms with van der Waals surface area (Å²) in [6.45, 7) is -4.67. The maximum atomic E-state index is 8.46. The van der Waals surface area contributed by atoms with Crippen molar-refractivity contribution in [3.63, 3.8) is 0 Å². The predicted octanol–water partition coefficient (Wildman–Crippen LogP) is 10.7. The summed E-state index contributed by atoms with van der Waals surface area (Å²) in [7, 11) is 0. The van der Waals surface area contributed by atoms with Crippen LogP contribution in [0.3, 0.4) is 0 Å². The number of benzene rings is 7. The zero-order chi connectivity index (χ0) is 32.9. The zero-order valence-corrected chi connectivity index (χ0v) is 22.3. The lowest BCUT2D eigenvalue weighted by Gasteiger charge is -2.15. The van der Waals surface area contributed by atoms with Crippen molar-refractivity contribution in [1.29, 1.82) is 0 Å². The fraction of sp³-hybridized carbons (Fsp3) is 0.0513. The number of aryl methyl sites for hydroxylation is 2. The monoisotopic (exact) mass is 544 g/mol. The molecule has 0 aliphatic rings. The van der Waals surface area contributed by atoms with E-state index in [0.717, 1.165) is 43.4 Å². The van der Waals surface area contributed by atoms with E-state index in [1.54, 1.807) is 30.3 Å². The molecule has 198 valence electrons. The summed E-state index contributed by atoms with van der Waals surface area (Å²) in [6, 6.07) is 38.9. The fourth-order valence-electron chi connectivity index (χ4n) is 6.57. The number of imidazole rings is 1. The van der Waals surface area contributed by atoms with Gasteiger partial charge in [0, 0.05) is 24.7 Å². The summed E-state index contributed by atoms with van der Waals surface area (Å²) in [6.07, 6.45) is 0. The Morgan fingerprint density at radius 3 is 2.05 bits per heavy atom. The number of rotatable bonds is 2. The molecule has 0 spiro atoms. The summed E-state index contributed by atoms with van der Waals surface area (Å²) < 4.78 is 57.4. The normalized spacial score (nSPS) is 14.8. The third-order valence-corrected chi connectivity index (χ3v) is 8.40. The van der Waals surface area contributed by atoms with Crippen LogP contribution in [0.15, 0.2) is 126 Å². The Balaban J connectivity index is 1.39. The SMILES string of the molecule is [2H]C([2H])([2H])c1ccc2c(c1)oc1c(-c3nc4cccc(C([2H])([2H])[2H])c4n3-c3ccc4c5ccccc5c5ccccc5c4c3)cccc12. The largest absolute Gasteiger partial charge is 0.455 e. The summed E-state index contributed by atoms with van der Waals surface area (Å²) >= 11 is 0. The Kier molecular flexibility index (Phi) is 3.68. The van der Waals surface area contributed by atoms with Crippen LogP contribution in [0, 0.1) is 13.7 Å². The maximum Gasteiger partial charge on any atom is 0.149 e. The summed E-state index contributed by atoms with van der Waals surface area (Å²) in [4.78, 5) is 5.07. The van der Waals surface area contributed by atoms with E-state index in [2.05, 4.69) is 42.5 Å². The second-order valence-corrected chi connectivity index (χ2v) is 10.8. The highest BCUT2D eigenvalue weighted by Crippen LogP contribution is 2.40. The van der Waals surface area contributed by atoms with Crippen LogP contribution in [-0.2, 0) is 0 Å². The molecule has 0 amide bonds. The van der Waals surface area contributed by atoms with E-state index in [0.29, 0.717) is 33.6 Å². The van der Waals surface area contributed by atoms with Crippen molar-refractivity contribution in [3.05, 3.63) is 132 Å². The van der Waals surface area contributed by atoms with E-state index < -0.39 is 13.7 Å². The Labute approximate surface area is 250 Å². The van der Waals surface area contributed by atoms with Crippen molar-refractivity contribution < 1.29 is 12.6 Å². The molecule has 42 heavy (non-hydrogen) atoms. The van der Waals surface area contributed by atoms with Crippen LogP contribution in [0.2, 0.25) is 0 Å². The molecule has 0 bridgehead atoms. The minimum absolute atomic E-state index is 0.195. The van der Waals surface area contributed by atoms with Gasteiger partial charge < -0.3 is 4.42 Å². The Morgan fingerprint density at radius 1 is 0.595 bits per heavy atom. The highest BCUT2D eigenvalue weighted by Gasteiger charge is 2.21. The van der Waals surface area contributed by atoms with Crippen molar-refractivity contribution in [1.82, 2.24) is 9.55 Å². The molecule has 3 nitrogen and oxygen atoms in total. The first-order valence-corrected chi connectivity index (χ1v) is 13.9. The van der Waals surface area contributed by atoms with Gasteiger partial charge >= 0.3 is 0 Å². The van der Waals surface area contributed by atoms with Crippen molar-refractivity contribution >= 4 is 65.3 Å². The molecule has 0 N–H and O–H groups in total. The molecular weight excluding hydrogens is 512 g/mol. The number of fused-ring (bicyclic) bond motifs is 10. The number of nitrogens with zero attached hydrogens (tertiary/aromatic N) is 2. The molecule has 0 saturated heterocycles. The lowest BCUT2D eigenvalue weighted by Crippen LogP contribution is -1.99. The van der Waals surface area contributed by atoms with Gasteiger partial charge in [0.2, 0.25) is 0 Å². The number of hydrogen-bond donors (Lipinski definition) is 0. The zero-order valence-electron chi connectivity index (χ0n) is 28.3. The van der Waals surface area contributed by atoms with E-state index in [1.807, 2.05) is 53.1 Å². The molecule has 0 radical (unpaired) electrons. The van der Waals surface area contributed by atoms with Crippen LogP contribution in [-0.4, -0.2) is 9.55 Å². The Hall–Kier alpha value is -5.41. The van der Waals surface area contributed by atoms with E-state index >= 15 is 0 Å². The van der Waals surface area contributed by atoms with Crippen LogP contribution < -0.4 is 0 Å². The minimum Gasteiger partial charge on any atom is -0.455 e. The van der Waals surface area contributed by atoms with E-state index in [4.69, 9.17) is 17.6 Å². The standard InChI is InChI=1S/C39H26N2O/c1-23-17-19-31-32-14-8-15-33(38(32)42-36(31)21-23)39-40-35-16-7-9-24(2)37(35)41(39)25-18-20-30-28-12-4-3-10-26(28)27-11-5-6-13-29(27)34(30)22-25/h3-22H,1-2H3/i1D3,2D3. The molecule has 0 aliphatic heterocycles. The van der Waals surface area contributed by atoms with Crippen molar-refractivity contribution in [2.24, 2.45) is 0 Å². The highest BCUT2D eigenvalue weighted by molar-refractivity contribution is 6.25. The van der Waals surface area contributed by atoms with E-state index in [-0.39, 0.29) is 11.1 Å². The van der Waals surface area contributed by atoms with Crippen LogP contribution >= 0.6 is 0 Å². The molecule has 0 aliphatic carbocycles. The molecule has 7 aromatic carbocycles. The van der Waals surface area contributed by atoms with Gasteiger partial charge in [-0.05, 0) is 87.5 Å². The fourth-order valence-corrected chi connectivity index (χ4v) is 6.57. The lowest BCUT2D eigenvalue weighted by molar-refractivity contribution is 0.669. The van der Waals surface area contributed by atoms with Gasteiger partial charge in [-0.25, -0.2) is 4.98 Å². The molecule has 3 heteroatoms.